The third-order valence-corrected chi connectivity index (χ3v) is 6.67. The van der Waals surface area contributed by atoms with Crippen molar-refractivity contribution in [1.82, 2.24) is 19.8 Å². The van der Waals surface area contributed by atoms with Gasteiger partial charge in [0.2, 0.25) is 0 Å². The SMILES string of the molecule is CCc1c(-c2ccc3c(c2)cc(CN2CCC(NC)CC2)n3C)[nH]c(=O)c(C(=O)O)c1O.Cl.Cl. The van der Waals surface area contributed by atoms with E-state index in [2.05, 4.69) is 32.9 Å². The summed E-state index contributed by atoms with van der Waals surface area (Å²) < 4.78 is 2.19. The Morgan fingerprint density at radius 2 is 1.88 bits per heavy atom. The number of rotatable bonds is 6. The van der Waals surface area contributed by atoms with Crippen molar-refractivity contribution < 1.29 is 15.0 Å². The first-order valence-corrected chi connectivity index (χ1v) is 11.0. The van der Waals surface area contributed by atoms with Crippen molar-refractivity contribution in [1.29, 1.82) is 0 Å². The molecule has 10 heteroatoms. The van der Waals surface area contributed by atoms with Crippen LogP contribution in [0.15, 0.2) is 29.1 Å². The summed E-state index contributed by atoms with van der Waals surface area (Å²) in [5.74, 6) is -1.90. The number of nitrogens with zero attached hydrogens (tertiary/aromatic N) is 2. The number of pyridine rings is 1. The van der Waals surface area contributed by atoms with E-state index >= 15 is 0 Å². The number of carboxylic acids is 1. The number of hydrogen-bond acceptors (Lipinski definition) is 5. The van der Waals surface area contributed by atoms with Gasteiger partial charge in [-0.3, -0.25) is 9.69 Å². The number of halogens is 2. The number of aromatic hydroxyl groups is 1. The smallest absolute Gasteiger partial charge is 0.345 e. The number of aromatic carboxylic acids is 1. The summed E-state index contributed by atoms with van der Waals surface area (Å²) >= 11 is 0. The lowest BCUT2D eigenvalue weighted by Crippen LogP contribution is -2.40. The van der Waals surface area contributed by atoms with Crippen molar-refractivity contribution in [3.63, 3.8) is 0 Å². The lowest BCUT2D eigenvalue weighted by Gasteiger charge is -2.31. The van der Waals surface area contributed by atoms with Crippen molar-refractivity contribution in [3.8, 4) is 17.0 Å². The van der Waals surface area contributed by atoms with Crippen LogP contribution in [0.2, 0.25) is 0 Å². The third-order valence-electron chi connectivity index (χ3n) is 6.67. The maximum atomic E-state index is 12.3. The molecule has 8 nitrogen and oxygen atoms in total. The fraction of sp³-hybridized carbons (Fsp3) is 0.417. The molecule has 0 saturated carbocycles. The van der Waals surface area contributed by atoms with Gasteiger partial charge in [0.25, 0.3) is 5.56 Å². The van der Waals surface area contributed by atoms with Gasteiger partial charge in [0.1, 0.15) is 5.75 Å². The number of nitrogens with one attached hydrogen (secondary N) is 2. The summed E-state index contributed by atoms with van der Waals surface area (Å²) in [4.78, 5) is 28.9. The molecule has 1 saturated heterocycles. The highest BCUT2D eigenvalue weighted by molar-refractivity contribution is 5.92. The van der Waals surface area contributed by atoms with E-state index in [4.69, 9.17) is 0 Å². The molecule has 0 radical (unpaired) electrons. The van der Waals surface area contributed by atoms with E-state index in [9.17, 15) is 19.8 Å². The molecule has 2 aromatic heterocycles. The van der Waals surface area contributed by atoms with Gasteiger partial charge < -0.3 is 25.1 Å². The van der Waals surface area contributed by atoms with Crippen LogP contribution in [-0.4, -0.2) is 56.8 Å². The van der Waals surface area contributed by atoms with Gasteiger partial charge in [0.15, 0.2) is 5.56 Å². The quantitative estimate of drug-likeness (QED) is 0.403. The maximum Gasteiger partial charge on any atom is 0.345 e. The van der Waals surface area contributed by atoms with Gasteiger partial charge in [-0.1, -0.05) is 13.0 Å². The molecule has 4 rings (SSSR count). The Bertz CT molecular complexity index is 1230. The highest BCUT2D eigenvalue weighted by Crippen LogP contribution is 2.32. The second kappa shape index (κ2) is 11.3. The van der Waals surface area contributed by atoms with E-state index in [1.165, 1.54) is 5.69 Å². The van der Waals surface area contributed by atoms with Gasteiger partial charge in [-0.05, 0) is 50.1 Å². The standard InChI is InChI=1S/C24H30N4O4.2ClH/c1-4-18-21(26-23(30)20(22(18)29)24(31)32)14-5-6-19-15(11-14)12-17(27(19)3)13-28-9-7-16(25-2)8-10-28;;/h5-6,11-12,16,25H,4,7-10,13H2,1-3H3,(H,31,32)(H2,26,29,30);2*1H. The number of fused-ring (bicyclic) bond motifs is 1. The molecule has 186 valence electrons. The van der Waals surface area contributed by atoms with Crippen molar-refractivity contribution >= 4 is 41.7 Å². The first-order chi connectivity index (χ1) is 15.3. The number of carboxylic acid groups (broad SMARTS) is 1. The van der Waals surface area contributed by atoms with E-state index in [1.807, 2.05) is 32.2 Å². The normalized spacial score (nSPS) is 14.6. The Morgan fingerprint density at radius 1 is 1.21 bits per heavy atom. The van der Waals surface area contributed by atoms with Crippen LogP contribution < -0.4 is 10.9 Å². The van der Waals surface area contributed by atoms with Gasteiger partial charge in [-0.25, -0.2) is 4.79 Å². The number of aromatic nitrogens is 2. The molecule has 0 amide bonds. The zero-order chi connectivity index (χ0) is 23.0. The maximum absolute atomic E-state index is 12.3. The Hall–Kier alpha value is -2.52. The fourth-order valence-corrected chi connectivity index (χ4v) is 4.74. The van der Waals surface area contributed by atoms with E-state index in [-0.39, 0.29) is 24.8 Å². The molecule has 0 aliphatic carbocycles. The third kappa shape index (κ3) is 5.10. The van der Waals surface area contributed by atoms with Crippen LogP contribution in [0.4, 0.5) is 0 Å². The number of aryl methyl sites for hydroxylation is 1. The summed E-state index contributed by atoms with van der Waals surface area (Å²) in [5.41, 5.74) is 2.50. The molecule has 4 N–H and O–H groups in total. The molecule has 0 unspecified atom stereocenters. The Balaban J connectivity index is 0.00000204. The predicted molar refractivity (Wildman–Crippen MR) is 139 cm³/mol. The molecule has 0 atom stereocenters. The molecule has 3 aromatic rings. The molecule has 34 heavy (non-hydrogen) atoms. The summed E-state index contributed by atoms with van der Waals surface area (Å²) in [7, 11) is 4.08. The summed E-state index contributed by atoms with van der Waals surface area (Å²) in [6.07, 6.45) is 2.68. The van der Waals surface area contributed by atoms with Crippen molar-refractivity contribution in [2.75, 3.05) is 20.1 Å². The van der Waals surface area contributed by atoms with Crippen LogP contribution in [0, 0.1) is 0 Å². The summed E-state index contributed by atoms with van der Waals surface area (Å²) in [6, 6.07) is 8.64. The summed E-state index contributed by atoms with van der Waals surface area (Å²) in [5, 5.41) is 24.1. The molecular formula is C24H32Cl2N4O4. The van der Waals surface area contributed by atoms with Gasteiger partial charge in [0, 0.05) is 54.9 Å². The van der Waals surface area contributed by atoms with E-state index in [0.29, 0.717) is 23.7 Å². The zero-order valence-electron chi connectivity index (χ0n) is 19.6. The van der Waals surface area contributed by atoms with Gasteiger partial charge in [-0.2, -0.15) is 0 Å². The number of hydrogen-bond donors (Lipinski definition) is 4. The molecule has 1 fully saturated rings. The highest BCUT2D eigenvalue weighted by atomic mass is 35.5. The zero-order valence-corrected chi connectivity index (χ0v) is 21.2. The summed E-state index contributed by atoms with van der Waals surface area (Å²) in [6.45, 7) is 4.82. The number of aromatic amines is 1. The Morgan fingerprint density at radius 3 is 2.47 bits per heavy atom. The second-order valence-corrected chi connectivity index (χ2v) is 8.50. The highest BCUT2D eigenvalue weighted by Gasteiger charge is 2.23. The van der Waals surface area contributed by atoms with Gasteiger partial charge in [-0.15, -0.1) is 24.8 Å². The number of piperidine rings is 1. The van der Waals surface area contributed by atoms with Crippen LogP contribution in [0.1, 0.15) is 41.4 Å². The van der Waals surface area contributed by atoms with Gasteiger partial charge >= 0.3 is 5.97 Å². The van der Waals surface area contributed by atoms with Crippen LogP contribution in [0.25, 0.3) is 22.2 Å². The van der Waals surface area contributed by atoms with E-state index in [0.717, 1.165) is 48.9 Å². The van der Waals surface area contributed by atoms with Crippen molar-refractivity contribution in [3.05, 3.63) is 51.4 Å². The topological polar surface area (TPSA) is 111 Å². The molecule has 0 spiro atoms. The predicted octanol–water partition coefficient (Wildman–Crippen LogP) is 3.53. The number of benzene rings is 1. The van der Waals surface area contributed by atoms with Crippen molar-refractivity contribution in [2.24, 2.45) is 7.05 Å². The fourth-order valence-electron chi connectivity index (χ4n) is 4.74. The minimum Gasteiger partial charge on any atom is -0.506 e. The van der Waals surface area contributed by atoms with Gasteiger partial charge in [0.05, 0.1) is 5.69 Å². The van der Waals surface area contributed by atoms with Crippen LogP contribution in [0.5, 0.6) is 5.75 Å². The first-order valence-electron chi connectivity index (χ1n) is 11.0. The van der Waals surface area contributed by atoms with Crippen LogP contribution in [-0.2, 0) is 20.0 Å². The lowest BCUT2D eigenvalue weighted by molar-refractivity contribution is 0.0691. The average molecular weight is 511 g/mol. The number of carbonyl (C=O) groups is 1. The molecular weight excluding hydrogens is 479 g/mol. The molecule has 1 aliphatic heterocycles. The first kappa shape index (κ1) is 27.7. The van der Waals surface area contributed by atoms with Crippen LogP contribution in [0.3, 0.4) is 0 Å². The number of H-pyrrole nitrogens is 1. The monoisotopic (exact) mass is 510 g/mol. The molecule has 3 heterocycles. The minimum atomic E-state index is -1.44. The van der Waals surface area contributed by atoms with E-state index in [1.54, 1.807) is 0 Å². The van der Waals surface area contributed by atoms with Crippen molar-refractivity contribution in [2.45, 2.75) is 38.8 Å². The molecule has 1 aromatic carbocycles. The van der Waals surface area contributed by atoms with E-state index < -0.39 is 22.8 Å². The minimum absolute atomic E-state index is 0. The largest absolute Gasteiger partial charge is 0.506 e. The molecule has 0 bridgehead atoms. The van der Waals surface area contributed by atoms with Crippen LogP contribution >= 0.6 is 24.8 Å². The Labute approximate surface area is 210 Å². The second-order valence-electron chi connectivity index (χ2n) is 8.50. The number of likely N-dealkylation sites (tertiary alicyclic amines) is 1. The lowest BCUT2D eigenvalue weighted by atomic mass is 9.99. The molecule has 1 aliphatic rings. The average Bonchev–Trinajstić information content (AvgIpc) is 3.08. The Kier molecular flexibility index (Phi) is 9.19.